The summed E-state index contributed by atoms with van der Waals surface area (Å²) < 4.78 is 37.1. The van der Waals surface area contributed by atoms with Crippen molar-refractivity contribution >= 4 is 11.9 Å². The van der Waals surface area contributed by atoms with E-state index in [0.29, 0.717) is 18.3 Å². The number of alkyl halides is 3. The summed E-state index contributed by atoms with van der Waals surface area (Å²) in [6, 6.07) is 10.5. The monoisotopic (exact) mass is 484 g/mol. The summed E-state index contributed by atoms with van der Waals surface area (Å²) in [5.41, 5.74) is 2.68. The van der Waals surface area contributed by atoms with Crippen LogP contribution in [0.4, 0.5) is 13.2 Å². The number of nitrogens with one attached hydrogen (secondary N) is 2. The van der Waals surface area contributed by atoms with Crippen LogP contribution in [0.5, 0.6) is 0 Å². The molecule has 1 aromatic heterocycles. The number of hydrogen-bond donors (Lipinski definition) is 3. The Kier molecular flexibility index (Phi) is 10.5. The molecule has 34 heavy (non-hydrogen) atoms. The number of carbonyl (C=O) groups is 2. The third kappa shape index (κ3) is 9.52. The number of aliphatic carboxylic acids is 1. The molecule has 1 atom stereocenters. The topological polar surface area (TPSA) is 108 Å². The van der Waals surface area contributed by atoms with Gasteiger partial charge in [-0.05, 0) is 44.1 Å². The molecule has 0 radical (unpaired) electrons. The Balaban J connectivity index is 0.000000509. The van der Waals surface area contributed by atoms with Gasteiger partial charge in [0.2, 0.25) is 0 Å². The summed E-state index contributed by atoms with van der Waals surface area (Å²) in [6.07, 6.45) is -0.679. The average Bonchev–Trinajstić information content (AvgIpc) is 3.26. The molecule has 3 rings (SSSR count). The van der Waals surface area contributed by atoms with Crippen LogP contribution >= 0.6 is 0 Å². The van der Waals surface area contributed by atoms with Crippen molar-refractivity contribution in [1.29, 1.82) is 0 Å². The van der Waals surface area contributed by atoms with Crippen LogP contribution in [0.15, 0.2) is 34.9 Å². The second kappa shape index (κ2) is 13.1. The van der Waals surface area contributed by atoms with Gasteiger partial charge < -0.3 is 25.2 Å². The van der Waals surface area contributed by atoms with Gasteiger partial charge in [0.05, 0.1) is 0 Å². The van der Waals surface area contributed by atoms with E-state index in [-0.39, 0.29) is 5.91 Å². The first kappa shape index (κ1) is 27.3. The maximum absolute atomic E-state index is 12.4. The smallest absolute Gasteiger partial charge is 0.475 e. The highest BCUT2D eigenvalue weighted by molar-refractivity contribution is 5.92. The van der Waals surface area contributed by atoms with E-state index >= 15 is 0 Å². The first-order valence-corrected chi connectivity index (χ1v) is 11.1. The predicted octanol–water partition coefficient (Wildman–Crippen LogP) is 3.37. The molecule has 11 heteroatoms. The van der Waals surface area contributed by atoms with Crippen molar-refractivity contribution in [3.63, 3.8) is 0 Å². The number of carboxylic acids is 1. The number of rotatable bonds is 8. The number of hydrogen-bond acceptors (Lipinski definition) is 6. The number of carbonyl (C=O) groups excluding carboxylic acids is 1. The lowest BCUT2D eigenvalue weighted by Gasteiger charge is -2.21. The summed E-state index contributed by atoms with van der Waals surface area (Å²) in [5.74, 6) is -2.19. The Bertz CT molecular complexity index is 927. The van der Waals surface area contributed by atoms with Crippen LogP contribution in [0, 0.1) is 0 Å². The summed E-state index contributed by atoms with van der Waals surface area (Å²) in [4.78, 5) is 23.5. The molecule has 8 nitrogen and oxygen atoms in total. The molecule has 1 aliphatic rings. The Morgan fingerprint density at radius 3 is 2.59 bits per heavy atom. The van der Waals surface area contributed by atoms with Crippen LogP contribution in [0.1, 0.15) is 53.6 Å². The highest BCUT2D eigenvalue weighted by Gasteiger charge is 2.38. The van der Waals surface area contributed by atoms with E-state index in [4.69, 9.17) is 14.4 Å². The normalized spacial score (nSPS) is 16.0. The molecule has 1 amide bonds. The van der Waals surface area contributed by atoms with Gasteiger partial charge in [-0.25, -0.2) is 4.79 Å². The van der Waals surface area contributed by atoms with Crippen molar-refractivity contribution in [3.05, 3.63) is 52.9 Å². The number of aromatic nitrogens is 1. The highest BCUT2D eigenvalue weighted by Crippen LogP contribution is 2.14. The summed E-state index contributed by atoms with van der Waals surface area (Å²) in [6.45, 7) is 5.58. The van der Waals surface area contributed by atoms with E-state index in [1.165, 1.54) is 18.4 Å². The second-order valence-corrected chi connectivity index (χ2v) is 8.17. The van der Waals surface area contributed by atoms with Gasteiger partial charge in [0.25, 0.3) is 5.91 Å². The lowest BCUT2D eigenvalue weighted by Crippen LogP contribution is -2.35. The second-order valence-electron chi connectivity index (χ2n) is 8.17. The molecule has 3 N–H and O–H groups in total. The fourth-order valence-electron chi connectivity index (χ4n) is 3.39. The van der Waals surface area contributed by atoms with E-state index in [0.717, 1.165) is 43.8 Å². The minimum Gasteiger partial charge on any atom is -0.475 e. The highest BCUT2D eigenvalue weighted by atomic mass is 19.4. The molecule has 0 bridgehead atoms. The van der Waals surface area contributed by atoms with E-state index in [1.807, 2.05) is 12.1 Å². The largest absolute Gasteiger partial charge is 0.490 e. The van der Waals surface area contributed by atoms with Crippen LogP contribution in [-0.4, -0.2) is 59.4 Å². The molecule has 188 valence electrons. The minimum absolute atomic E-state index is 0.197. The van der Waals surface area contributed by atoms with Crippen molar-refractivity contribution in [2.45, 2.75) is 57.9 Å². The Labute approximate surface area is 196 Å². The van der Waals surface area contributed by atoms with Crippen molar-refractivity contribution in [2.24, 2.45) is 0 Å². The number of amides is 1. The molecule has 0 spiro atoms. The van der Waals surface area contributed by atoms with E-state index in [1.54, 1.807) is 6.07 Å². The zero-order valence-electron chi connectivity index (χ0n) is 19.3. The molecule has 1 aromatic carbocycles. The molecule has 1 aliphatic heterocycles. The minimum atomic E-state index is -5.08. The van der Waals surface area contributed by atoms with Gasteiger partial charge in [-0.15, -0.1) is 0 Å². The predicted molar refractivity (Wildman–Crippen MR) is 119 cm³/mol. The number of piperidine rings is 1. The van der Waals surface area contributed by atoms with Crippen molar-refractivity contribution in [1.82, 2.24) is 20.7 Å². The van der Waals surface area contributed by atoms with Gasteiger partial charge in [0, 0.05) is 31.6 Å². The summed E-state index contributed by atoms with van der Waals surface area (Å²) in [5, 5.41) is 17.5. The molecule has 2 aromatic rings. The van der Waals surface area contributed by atoms with Crippen molar-refractivity contribution in [2.75, 3.05) is 20.1 Å². The van der Waals surface area contributed by atoms with Crippen LogP contribution < -0.4 is 10.6 Å². The van der Waals surface area contributed by atoms with Crippen LogP contribution in [0.3, 0.4) is 0 Å². The first-order chi connectivity index (χ1) is 16.1. The molecular formula is C23H31F3N4O4. The van der Waals surface area contributed by atoms with Crippen molar-refractivity contribution in [3.8, 4) is 0 Å². The van der Waals surface area contributed by atoms with Gasteiger partial charge in [0.15, 0.2) is 5.69 Å². The summed E-state index contributed by atoms with van der Waals surface area (Å²) in [7, 11) is 2.10. The fourth-order valence-corrected chi connectivity index (χ4v) is 3.39. The number of benzene rings is 1. The number of carboxylic acid groups (broad SMARTS) is 1. The number of halogens is 3. The van der Waals surface area contributed by atoms with Gasteiger partial charge in [-0.3, -0.25) is 4.79 Å². The fraction of sp³-hybridized carbons (Fsp3) is 0.522. The lowest BCUT2D eigenvalue weighted by atomic mass is 10.0. The van der Waals surface area contributed by atoms with Gasteiger partial charge in [-0.2, -0.15) is 13.2 Å². The molecule has 1 fully saturated rings. The number of nitrogens with zero attached hydrogens (tertiary/aromatic N) is 2. The molecule has 1 unspecified atom stereocenters. The quantitative estimate of drug-likeness (QED) is 0.527. The molecule has 2 heterocycles. The van der Waals surface area contributed by atoms with E-state index < -0.39 is 12.1 Å². The Morgan fingerprint density at radius 1 is 1.26 bits per heavy atom. The van der Waals surface area contributed by atoms with Gasteiger partial charge >= 0.3 is 12.1 Å². The zero-order valence-corrected chi connectivity index (χ0v) is 19.3. The average molecular weight is 485 g/mol. The lowest BCUT2D eigenvalue weighted by molar-refractivity contribution is -0.192. The SMILES string of the molecule is CCN(C)Cc1cccc(CNC(=O)c2cc(CC3CCCCN3)on2)c1.O=C(O)C(F)(F)F. The van der Waals surface area contributed by atoms with Crippen LogP contribution in [0.2, 0.25) is 0 Å². The maximum Gasteiger partial charge on any atom is 0.490 e. The zero-order chi connectivity index (χ0) is 25.1. The standard InChI is InChI=1S/C21H30N4O2.C2HF3O2/c1-3-25(2)15-17-8-6-7-16(11-17)14-23-21(26)20-13-19(27-24-20)12-18-9-4-5-10-22-18;3-2(4,5)1(6)7/h6-8,11,13,18,22H,3-5,9-10,12,14-15H2,1-2H3,(H,23,26);(H,6,7). The van der Waals surface area contributed by atoms with Crippen molar-refractivity contribution < 1.29 is 32.4 Å². The third-order valence-electron chi connectivity index (χ3n) is 5.33. The molecule has 1 saturated heterocycles. The Morgan fingerprint density at radius 2 is 1.97 bits per heavy atom. The van der Waals surface area contributed by atoms with Crippen LogP contribution in [0.25, 0.3) is 0 Å². The van der Waals surface area contributed by atoms with Gasteiger partial charge in [-0.1, -0.05) is 42.8 Å². The maximum atomic E-state index is 12.4. The molecular weight excluding hydrogens is 453 g/mol. The Hall–Kier alpha value is -2.92. The van der Waals surface area contributed by atoms with E-state index in [9.17, 15) is 18.0 Å². The first-order valence-electron chi connectivity index (χ1n) is 11.1. The van der Waals surface area contributed by atoms with E-state index in [2.05, 4.69) is 46.8 Å². The van der Waals surface area contributed by atoms with Crippen LogP contribution in [-0.2, 0) is 24.3 Å². The van der Waals surface area contributed by atoms with Gasteiger partial charge in [0.1, 0.15) is 5.76 Å². The molecule has 0 saturated carbocycles. The molecule has 0 aliphatic carbocycles. The summed E-state index contributed by atoms with van der Waals surface area (Å²) >= 11 is 0. The third-order valence-corrected chi connectivity index (χ3v) is 5.33.